The van der Waals surface area contributed by atoms with Crippen LogP contribution in [0.3, 0.4) is 0 Å². The summed E-state index contributed by atoms with van der Waals surface area (Å²) in [6.07, 6.45) is 2.41. The van der Waals surface area contributed by atoms with Gasteiger partial charge in [-0.15, -0.1) is 0 Å². The number of rotatable bonds is 4. The molecule has 100 valence electrons. The van der Waals surface area contributed by atoms with Crippen LogP contribution in [-0.4, -0.2) is 28.3 Å². The fraction of sp³-hybridized carbons (Fsp3) is 0.231. The van der Waals surface area contributed by atoms with E-state index in [0.717, 1.165) is 12.0 Å². The molecule has 0 unspecified atom stereocenters. The molecule has 1 heterocycles. The first-order valence-corrected chi connectivity index (χ1v) is 5.86. The fourth-order valence-corrected chi connectivity index (χ4v) is 1.70. The molecular weight excluding hydrogens is 246 g/mol. The van der Waals surface area contributed by atoms with Crippen molar-refractivity contribution in [3.8, 4) is 11.5 Å². The molecule has 19 heavy (non-hydrogen) atoms. The van der Waals surface area contributed by atoms with E-state index in [9.17, 15) is 9.90 Å². The zero-order valence-corrected chi connectivity index (χ0v) is 10.7. The van der Waals surface area contributed by atoms with Gasteiger partial charge in [-0.2, -0.15) is 5.10 Å². The lowest BCUT2D eigenvalue weighted by atomic mass is 10.1. The number of aromatic nitrogens is 2. The lowest BCUT2D eigenvalue weighted by molar-refractivity contribution is 0.102. The highest BCUT2D eigenvalue weighted by Gasteiger charge is 2.14. The second kappa shape index (κ2) is 5.43. The standard InChI is InChI=1S/C13H15N3O3/c1-3-8-7-14-16-12(8)15-13(18)10-5-4-9(19-2)6-11(10)17/h4-7,17H,3H2,1-2H3,(H2,14,15,16,18). The normalized spacial score (nSPS) is 10.2. The number of hydrogen-bond acceptors (Lipinski definition) is 4. The third-order valence-corrected chi connectivity index (χ3v) is 2.79. The van der Waals surface area contributed by atoms with Gasteiger partial charge in [-0.05, 0) is 18.6 Å². The molecule has 2 aromatic rings. The van der Waals surface area contributed by atoms with Gasteiger partial charge < -0.3 is 15.2 Å². The van der Waals surface area contributed by atoms with E-state index in [2.05, 4.69) is 15.5 Å². The molecule has 6 heteroatoms. The number of aromatic hydroxyl groups is 1. The average Bonchev–Trinajstić information content (AvgIpc) is 2.85. The van der Waals surface area contributed by atoms with Gasteiger partial charge in [-0.25, -0.2) is 0 Å². The van der Waals surface area contributed by atoms with Crippen LogP contribution < -0.4 is 10.1 Å². The first-order chi connectivity index (χ1) is 9.15. The Kier molecular flexibility index (Phi) is 3.70. The minimum absolute atomic E-state index is 0.130. The van der Waals surface area contributed by atoms with E-state index in [1.807, 2.05) is 6.92 Å². The maximum absolute atomic E-state index is 12.0. The maximum Gasteiger partial charge on any atom is 0.260 e. The van der Waals surface area contributed by atoms with E-state index in [1.54, 1.807) is 12.3 Å². The largest absolute Gasteiger partial charge is 0.507 e. The lowest BCUT2D eigenvalue weighted by Crippen LogP contribution is -2.13. The molecule has 0 aliphatic rings. The first-order valence-electron chi connectivity index (χ1n) is 5.86. The van der Waals surface area contributed by atoms with Crippen molar-refractivity contribution < 1.29 is 14.6 Å². The number of ether oxygens (including phenoxy) is 1. The van der Waals surface area contributed by atoms with Crippen molar-refractivity contribution in [1.29, 1.82) is 0 Å². The molecule has 1 aromatic carbocycles. The number of methoxy groups -OCH3 is 1. The SMILES string of the molecule is CCc1cn[nH]c1NC(=O)c1ccc(OC)cc1O. The summed E-state index contributed by atoms with van der Waals surface area (Å²) in [7, 11) is 1.49. The molecule has 0 saturated heterocycles. The Balaban J connectivity index is 2.21. The van der Waals surface area contributed by atoms with Crippen LogP contribution in [0.1, 0.15) is 22.8 Å². The topological polar surface area (TPSA) is 87.2 Å². The molecule has 2 rings (SSSR count). The Labute approximate surface area is 110 Å². The smallest absolute Gasteiger partial charge is 0.260 e. The van der Waals surface area contributed by atoms with Crippen LogP contribution in [0.15, 0.2) is 24.4 Å². The molecule has 3 N–H and O–H groups in total. The van der Waals surface area contributed by atoms with Gasteiger partial charge in [-0.3, -0.25) is 9.89 Å². The Morgan fingerprint density at radius 1 is 1.53 bits per heavy atom. The molecule has 6 nitrogen and oxygen atoms in total. The minimum Gasteiger partial charge on any atom is -0.507 e. The Bertz CT molecular complexity index is 593. The van der Waals surface area contributed by atoms with Gasteiger partial charge in [0.25, 0.3) is 5.91 Å². The number of hydrogen-bond donors (Lipinski definition) is 3. The monoisotopic (exact) mass is 261 g/mol. The van der Waals surface area contributed by atoms with E-state index in [4.69, 9.17) is 4.74 Å². The Hall–Kier alpha value is -2.50. The number of amides is 1. The van der Waals surface area contributed by atoms with Crippen molar-refractivity contribution in [3.63, 3.8) is 0 Å². The van der Waals surface area contributed by atoms with Crippen molar-refractivity contribution >= 4 is 11.7 Å². The van der Waals surface area contributed by atoms with Gasteiger partial charge in [0.1, 0.15) is 17.3 Å². The number of carbonyl (C=O) groups excluding carboxylic acids is 1. The maximum atomic E-state index is 12.0. The molecule has 0 bridgehead atoms. The van der Waals surface area contributed by atoms with Crippen molar-refractivity contribution in [3.05, 3.63) is 35.5 Å². The van der Waals surface area contributed by atoms with Crippen LogP contribution in [0.5, 0.6) is 11.5 Å². The highest BCUT2D eigenvalue weighted by atomic mass is 16.5. The second-order valence-corrected chi connectivity index (χ2v) is 3.96. The summed E-state index contributed by atoms with van der Waals surface area (Å²) in [5.41, 5.74) is 1.08. The molecule has 0 atom stereocenters. The molecule has 1 aromatic heterocycles. The number of phenols is 1. The summed E-state index contributed by atoms with van der Waals surface area (Å²) in [6, 6.07) is 4.51. The second-order valence-electron chi connectivity index (χ2n) is 3.96. The van der Waals surface area contributed by atoms with Crippen LogP contribution in [0.4, 0.5) is 5.82 Å². The predicted octanol–water partition coefficient (Wildman–Crippen LogP) is 1.94. The molecule has 0 fully saturated rings. The summed E-state index contributed by atoms with van der Waals surface area (Å²) in [5, 5.41) is 19.0. The highest BCUT2D eigenvalue weighted by Crippen LogP contribution is 2.24. The lowest BCUT2D eigenvalue weighted by Gasteiger charge is -2.07. The number of H-pyrrole nitrogens is 1. The van der Waals surface area contributed by atoms with Crippen LogP contribution in [0.2, 0.25) is 0 Å². The average molecular weight is 261 g/mol. The first kappa shape index (κ1) is 12.9. The summed E-state index contributed by atoms with van der Waals surface area (Å²) < 4.78 is 4.96. The fourth-order valence-electron chi connectivity index (χ4n) is 1.70. The summed E-state index contributed by atoms with van der Waals surface area (Å²) >= 11 is 0. The third kappa shape index (κ3) is 2.67. The van der Waals surface area contributed by atoms with Gasteiger partial charge in [-0.1, -0.05) is 6.92 Å². The Morgan fingerprint density at radius 2 is 2.32 bits per heavy atom. The number of phenolic OH excluding ortho intramolecular Hbond substituents is 1. The molecule has 1 amide bonds. The third-order valence-electron chi connectivity index (χ3n) is 2.79. The van der Waals surface area contributed by atoms with E-state index >= 15 is 0 Å². The number of nitrogens with one attached hydrogen (secondary N) is 2. The van der Waals surface area contributed by atoms with Crippen molar-refractivity contribution in [1.82, 2.24) is 10.2 Å². The molecular formula is C13H15N3O3. The Morgan fingerprint density at radius 3 is 2.95 bits per heavy atom. The van der Waals surface area contributed by atoms with Gasteiger partial charge in [0.2, 0.25) is 0 Å². The van der Waals surface area contributed by atoms with E-state index < -0.39 is 5.91 Å². The number of anilines is 1. The number of carbonyl (C=O) groups is 1. The zero-order chi connectivity index (χ0) is 13.8. The van der Waals surface area contributed by atoms with Crippen molar-refractivity contribution in [2.24, 2.45) is 0 Å². The van der Waals surface area contributed by atoms with E-state index in [0.29, 0.717) is 11.6 Å². The number of benzene rings is 1. The van der Waals surface area contributed by atoms with Crippen LogP contribution >= 0.6 is 0 Å². The summed E-state index contributed by atoms with van der Waals surface area (Å²) in [5.74, 6) is 0.501. The molecule has 0 aliphatic heterocycles. The molecule has 0 saturated carbocycles. The van der Waals surface area contributed by atoms with Crippen LogP contribution in [0.25, 0.3) is 0 Å². The summed E-state index contributed by atoms with van der Waals surface area (Å²) in [6.45, 7) is 1.96. The number of nitrogens with zero attached hydrogens (tertiary/aromatic N) is 1. The predicted molar refractivity (Wildman–Crippen MR) is 70.6 cm³/mol. The van der Waals surface area contributed by atoms with Gasteiger partial charge in [0, 0.05) is 11.6 Å². The minimum atomic E-state index is -0.404. The van der Waals surface area contributed by atoms with Gasteiger partial charge in [0.05, 0.1) is 18.9 Å². The molecule has 0 aliphatic carbocycles. The molecule has 0 spiro atoms. The molecule has 0 radical (unpaired) electrons. The van der Waals surface area contributed by atoms with Crippen molar-refractivity contribution in [2.45, 2.75) is 13.3 Å². The van der Waals surface area contributed by atoms with Gasteiger partial charge >= 0.3 is 0 Å². The van der Waals surface area contributed by atoms with Crippen molar-refractivity contribution in [2.75, 3.05) is 12.4 Å². The van der Waals surface area contributed by atoms with Crippen LogP contribution in [-0.2, 0) is 6.42 Å². The van der Waals surface area contributed by atoms with Gasteiger partial charge in [0.15, 0.2) is 0 Å². The van der Waals surface area contributed by atoms with E-state index in [-0.39, 0.29) is 11.3 Å². The summed E-state index contributed by atoms with van der Waals surface area (Å²) in [4.78, 5) is 12.0. The van der Waals surface area contributed by atoms with E-state index in [1.165, 1.54) is 19.2 Å². The number of aryl methyl sites for hydroxylation is 1. The quantitative estimate of drug-likeness (QED) is 0.784. The zero-order valence-electron chi connectivity index (χ0n) is 10.7. The van der Waals surface area contributed by atoms with Crippen LogP contribution in [0, 0.1) is 0 Å². The highest BCUT2D eigenvalue weighted by molar-refractivity contribution is 6.06. The number of aromatic amines is 1.